The van der Waals surface area contributed by atoms with E-state index in [1.165, 1.54) is 7.05 Å². The molecule has 1 unspecified atom stereocenters. The third-order valence-corrected chi connectivity index (χ3v) is 4.55. The smallest absolute Gasteiger partial charge is 0.408 e. The number of hydrogen-bond donors (Lipinski definition) is 2. The van der Waals surface area contributed by atoms with Crippen molar-refractivity contribution in [3.05, 3.63) is 83.7 Å². The Bertz CT molecular complexity index is 1010. The molecule has 3 rings (SSSR count). The quantitative estimate of drug-likeness (QED) is 0.571. The molecule has 1 heterocycles. The molecule has 0 saturated heterocycles. The number of alkyl carbamates (subject to hydrolysis) is 1. The van der Waals surface area contributed by atoms with Crippen molar-refractivity contribution in [1.82, 2.24) is 15.1 Å². The maximum absolute atomic E-state index is 13.3. The van der Waals surface area contributed by atoms with Crippen LogP contribution < -0.4 is 10.6 Å². The number of benzene rings is 2. The molecule has 1 atom stereocenters. The van der Waals surface area contributed by atoms with E-state index < -0.39 is 30.2 Å². The summed E-state index contributed by atoms with van der Waals surface area (Å²) in [6.07, 6.45) is -2.32. The van der Waals surface area contributed by atoms with Crippen LogP contribution in [0.2, 0.25) is 0 Å². The monoisotopic (exact) mass is 428 g/mol. The van der Waals surface area contributed by atoms with Crippen LogP contribution in [0.5, 0.6) is 0 Å². The predicted octanol–water partition coefficient (Wildman–Crippen LogP) is 3.83. The summed E-state index contributed by atoms with van der Waals surface area (Å²) in [5.74, 6) is -0.657. The Hall–Kier alpha value is -3.75. The van der Waals surface area contributed by atoms with Crippen LogP contribution in [0.25, 0.3) is 0 Å². The molecule has 0 aliphatic carbocycles. The topological polar surface area (TPSA) is 85.3 Å². The summed E-state index contributed by atoms with van der Waals surface area (Å²) in [6.45, 7) is 0.0322. The van der Waals surface area contributed by atoms with E-state index in [1.54, 1.807) is 36.4 Å². The highest BCUT2D eigenvalue weighted by Crippen LogP contribution is 2.26. The summed E-state index contributed by atoms with van der Waals surface area (Å²) < 4.78 is 32.8. The van der Waals surface area contributed by atoms with Crippen molar-refractivity contribution in [2.24, 2.45) is 7.05 Å². The first-order valence-electron chi connectivity index (χ1n) is 9.56. The molecule has 9 heteroatoms. The van der Waals surface area contributed by atoms with Crippen molar-refractivity contribution >= 4 is 17.7 Å². The molecule has 0 bridgehead atoms. The molecule has 0 aliphatic rings. The standard InChI is InChI=1S/C22H22F2N4O3/c1-28-19(20(23)24)18(13-25-28)26-21(29)17(12-15-8-4-2-5-9-15)27-22(30)31-14-16-10-6-3-7-11-16/h2-11,13,17,20H,12,14H2,1H3,(H,26,29)(H,27,30). The molecule has 162 valence electrons. The van der Waals surface area contributed by atoms with Crippen molar-refractivity contribution in [2.75, 3.05) is 5.32 Å². The predicted molar refractivity (Wildman–Crippen MR) is 110 cm³/mol. The second kappa shape index (κ2) is 10.3. The number of alkyl halides is 2. The number of anilines is 1. The molecule has 1 aromatic heterocycles. The summed E-state index contributed by atoms with van der Waals surface area (Å²) in [6, 6.07) is 17.1. The van der Waals surface area contributed by atoms with E-state index in [9.17, 15) is 18.4 Å². The average molecular weight is 428 g/mol. The minimum atomic E-state index is -2.82. The van der Waals surface area contributed by atoms with Gasteiger partial charge in [-0.2, -0.15) is 5.10 Å². The highest BCUT2D eigenvalue weighted by molar-refractivity contribution is 5.97. The van der Waals surface area contributed by atoms with Gasteiger partial charge in [-0.25, -0.2) is 13.6 Å². The molecule has 2 amide bonds. The minimum Gasteiger partial charge on any atom is -0.445 e. The van der Waals surface area contributed by atoms with Crippen LogP contribution in [-0.2, 0) is 29.6 Å². The number of aryl methyl sites for hydroxylation is 1. The third-order valence-electron chi connectivity index (χ3n) is 4.55. The van der Waals surface area contributed by atoms with E-state index in [4.69, 9.17) is 4.74 Å². The highest BCUT2D eigenvalue weighted by Gasteiger charge is 2.26. The van der Waals surface area contributed by atoms with Crippen LogP contribution in [0.15, 0.2) is 66.9 Å². The number of amides is 2. The van der Waals surface area contributed by atoms with E-state index in [0.717, 1.165) is 22.0 Å². The normalized spacial score (nSPS) is 11.7. The molecular weight excluding hydrogens is 406 g/mol. The Morgan fingerprint density at radius 1 is 1.03 bits per heavy atom. The number of carbonyl (C=O) groups is 2. The van der Waals surface area contributed by atoms with E-state index in [1.807, 2.05) is 24.3 Å². The lowest BCUT2D eigenvalue weighted by Gasteiger charge is -2.19. The average Bonchev–Trinajstić information content (AvgIpc) is 3.13. The summed E-state index contributed by atoms with van der Waals surface area (Å²) in [7, 11) is 1.36. The fraction of sp³-hybridized carbons (Fsp3) is 0.227. The number of aromatic nitrogens is 2. The Morgan fingerprint density at radius 2 is 1.65 bits per heavy atom. The van der Waals surface area contributed by atoms with Gasteiger partial charge in [-0.15, -0.1) is 0 Å². The van der Waals surface area contributed by atoms with Gasteiger partial charge in [0.2, 0.25) is 5.91 Å². The van der Waals surface area contributed by atoms with Crippen LogP contribution in [0.1, 0.15) is 23.2 Å². The lowest BCUT2D eigenvalue weighted by Crippen LogP contribution is -2.45. The van der Waals surface area contributed by atoms with Crippen molar-refractivity contribution in [3.8, 4) is 0 Å². The molecule has 0 fully saturated rings. The fourth-order valence-electron chi connectivity index (χ4n) is 2.99. The summed E-state index contributed by atoms with van der Waals surface area (Å²) >= 11 is 0. The molecule has 7 nitrogen and oxygen atoms in total. The van der Waals surface area contributed by atoms with Gasteiger partial charge in [0, 0.05) is 13.5 Å². The highest BCUT2D eigenvalue weighted by atomic mass is 19.3. The number of carbonyl (C=O) groups excluding carboxylic acids is 2. The number of nitrogens with one attached hydrogen (secondary N) is 2. The number of ether oxygens (including phenoxy) is 1. The molecular formula is C22H22F2N4O3. The lowest BCUT2D eigenvalue weighted by molar-refractivity contribution is -0.118. The van der Waals surface area contributed by atoms with Gasteiger partial charge in [0.25, 0.3) is 6.43 Å². The van der Waals surface area contributed by atoms with Crippen LogP contribution in [0.4, 0.5) is 19.3 Å². The Morgan fingerprint density at radius 3 is 2.26 bits per heavy atom. The minimum absolute atomic E-state index is 0.0322. The van der Waals surface area contributed by atoms with Crippen LogP contribution in [-0.4, -0.2) is 27.8 Å². The summed E-state index contributed by atoms with van der Waals surface area (Å²) in [5, 5.41) is 8.73. The number of hydrogen-bond acceptors (Lipinski definition) is 4. The lowest BCUT2D eigenvalue weighted by atomic mass is 10.1. The van der Waals surface area contributed by atoms with Gasteiger partial charge in [-0.1, -0.05) is 60.7 Å². The fourth-order valence-corrected chi connectivity index (χ4v) is 2.99. The van der Waals surface area contributed by atoms with Gasteiger partial charge in [-0.05, 0) is 11.1 Å². The Kier molecular flexibility index (Phi) is 7.31. The largest absolute Gasteiger partial charge is 0.445 e. The number of nitrogens with zero attached hydrogens (tertiary/aromatic N) is 2. The molecule has 2 N–H and O–H groups in total. The SMILES string of the molecule is Cn1ncc(NC(=O)C(Cc2ccccc2)NC(=O)OCc2ccccc2)c1C(F)F. The van der Waals surface area contributed by atoms with Crippen molar-refractivity contribution in [3.63, 3.8) is 0 Å². The van der Waals surface area contributed by atoms with Gasteiger partial charge >= 0.3 is 6.09 Å². The zero-order chi connectivity index (χ0) is 22.2. The summed E-state index contributed by atoms with van der Waals surface area (Å²) in [4.78, 5) is 25.2. The van der Waals surface area contributed by atoms with Crippen LogP contribution in [0, 0.1) is 0 Å². The van der Waals surface area contributed by atoms with Crippen LogP contribution >= 0.6 is 0 Å². The molecule has 31 heavy (non-hydrogen) atoms. The van der Waals surface area contributed by atoms with Gasteiger partial charge in [0.1, 0.15) is 18.3 Å². The zero-order valence-corrected chi connectivity index (χ0v) is 16.8. The van der Waals surface area contributed by atoms with Gasteiger partial charge < -0.3 is 15.4 Å². The molecule has 3 aromatic rings. The molecule has 0 saturated carbocycles. The van der Waals surface area contributed by atoms with Crippen molar-refractivity contribution < 1.29 is 23.1 Å². The Labute approximate surface area is 178 Å². The first-order valence-corrected chi connectivity index (χ1v) is 9.56. The molecule has 2 aromatic carbocycles. The van der Waals surface area contributed by atoms with Gasteiger partial charge in [-0.3, -0.25) is 9.48 Å². The maximum atomic E-state index is 13.3. The first kappa shape index (κ1) is 21.9. The second-order valence-corrected chi connectivity index (χ2v) is 6.81. The molecule has 0 aliphatic heterocycles. The molecule has 0 radical (unpaired) electrons. The van der Waals surface area contributed by atoms with E-state index in [-0.39, 0.29) is 18.7 Å². The summed E-state index contributed by atoms with van der Waals surface area (Å²) in [5.41, 5.74) is 1.04. The first-order chi connectivity index (χ1) is 14.9. The number of halogens is 2. The van der Waals surface area contributed by atoms with E-state index in [0.29, 0.717) is 0 Å². The van der Waals surface area contributed by atoms with Crippen molar-refractivity contribution in [2.45, 2.75) is 25.5 Å². The Balaban J connectivity index is 1.71. The third kappa shape index (κ3) is 6.11. The van der Waals surface area contributed by atoms with Gasteiger partial charge in [0.05, 0.1) is 11.9 Å². The molecule has 0 spiro atoms. The zero-order valence-electron chi connectivity index (χ0n) is 16.8. The van der Waals surface area contributed by atoms with Crippen LogP contribution in [0.3, 0.4) is 0 Å². The second-order valence-electron chi connectivity index (χ2n) is 6.81. The van der Waals surface area contributed by atoms with Crippen molar-refractivity contribution in [1.29, 1.82) is 0 Å². The maximum Gasteiger partial charge on any atom is 0.408 e. The number of rotatable bonds is 8. The van der Waals surface area contributed by atoms with E-state index in [2.05, 4.69) is 15.7 Å². The van der Waals surface area contributed by atoms with Gasteiger partial charge in [0.15, 0.2) is 0 Å². The van der Waals surface area contributed by atoms with E-state index >= 15 is 0 Å².